The number of nitrogens with zero attached hydrogens (tertiary/aromatic N) is 1. The highest BCUT2D eigenvalue weighted by Crippen LogP contribution is 2.13. The minimum Gasteiger partial charge on any atom is -0.452 e. The number of aryl methyl sites for hydroxylation is 1. The summed E-state index contributed by atoms with van der Waals surface area (Å²) in [7, 11) is 1.11. The SMILES string of the molecule is CCCCC(=O)CCN(C(=O)N[C@@H](Cc1cc(F)cc(F)c1)[C@H](O)CNCc1cccc(CC)c1)C(=O)OC. The van der Waals surface area contributed by atoms with E-state index in [9.17, 15) is 28.3 Å². The molecule has 0 saturated heterocycles. The number of unbranched alkanes of at least 4 members (excludes halogenated alkanes) is 1. The van der Waals surface area contributed by atoms with E-state index in [2.05, 4.69) is 17.6 Å². The first-order valence-electron chi connectivity index (χ1n) is 13.3. The number of Topliss-reactive ketones (excluding diaryl/α,β-unsaturated/α-hetero) is 1. The van der Waals surface area contributed by atoms with E-state index >= 15 is 0 Å². The predicted octanol–water partition coefficient (Wildman–Crippen LogP) is 4.52. The molecule has 214 valence electrons. The Morgan fingerprint density at radius 3 is 2.33 bits per heavy atom. The first-order valence-corrected chi connectivity index (χ1v) is 13.3. The van der Waals surface area contributed by atoms with E-state index in [1.807, 2.05) is 31.2 Å². The number of ketones is 1. The van der Waals surface area contributed by atoms with Gasteiger partial charge in [0.05, 0.1) is 19.3 Å². The lowest BCUT2D eigenvalue weighted by Gasteiger charge is -2.28. The fraction of sp³-hybridized carbons (Fsp3) is 0.483. The zero-order valence-electron chi connectivity index (χ0n) is 22.8. The molecule has 39 heavy (non-hydrogen) atoms. The summed E-state index contributed by atoms with van der Waals surface area (Å²) in [5.74, 6) is -1.68. The number of rotatable bonds is 15. The molecule has 0 aromatic heterocycles. The minimum atomic E-state index is -1.18. The van der Waals surface area contributed by atoms with Gasteiger partial charge in [0, 0.05) is 38.5 Å². The number of carbonyl (C=O) groups is 3. The van der Waals surface area contributed by atoms with Crippen LogP contribution in [0.25, 0.3) is 0 Å². The van der Waals surface area contributed by atoms with Crippen molar-refractivity contribution in [1.82, 2.24) is 15.5 Å². The van der Waals surface area contributed by atoms with Gasteiger partial charge in [0.2, 0.25) is 0 Å². The van der Waals surface area contributed by atoms with Gasteiger partial charge in [-0.1, -0.05) is 44.5 Å². The van der Waals surface area contributed by atoms with Gasteiger partial charge in [-0.3, -0.25) is 4.79 Å². The number of imide groups is 1. The molecule has 2 atom stereocenters. The van der Waals surface area contributed by atoms with Crippen molar-refractivity contribution in [3.05, 3.63) is 70.8 Å². The number of urea groups is 1. The minimum absolute atomic E-state index is 0.0385. The van der Waals surface area contributed by atoms with Crippen LogP contribution in [0.1, 0.15) is 56.2 Å². The molecule has 2 aromatic carbocycles. The van der Waals surface area contributed by atoms with Gasteiger partial charge in [-0.2, -0.15) is 0 Å². The molecule has 0 heterocycles. The second-order valence-electron chi connectivity index (χ2n) is 9.42. The van der Waals surface area contributed by atoms with Crippen LogP contribution in [0.4, 0.5) is 18.4 Å². The van der Waals surface area contributed by atoms with Gasteiger partial charge in [-0.05, 0) is 48.1 Å². The smallest absolute Gasteiger partial charge is 0.417 e. The fourth-order valence-corrected chi connectivity index (χ4v) is 4.09. The van der Waals surface area contributed by atoms with Crippen molar-refractivity contribution in [2.24, 2.45) is 0 Å². The molecule has 0 radical (unpaired) electrons. The van der Waals surface area contributed by atoms with Gasteiger partial charge in [0.15, 0.2) is 0 Å². The second kappa shape index (κ2) is 16.6. The Labute approximate surface area is 228 Å². The summed E-state index contributed by atoms with van der Waals surface area (Å²) in [6.07, 6.45) is 0.475. The van der Waals surface area contributed by atoms with E-state index in [4.69, 9.17) is 4.74 Å². The quantitative estimate of drug-likeness (QED) is 0.303. The Bertz CT molecular complexity index is 1080. The summed E-state index contributed by atoms with van der Waals surface area (Å²) in [4.78, 5) is 38.3. The summed E-state index contributed by atoms with van der Waals surface area (Å²) in [6, 6.07) is 9.01. The number of aliphatic hydroxyl groups excluding tert-OH is 1. The summed E-state index contributed by atoms with van der Waals surface area (Å²) in [5, 5.41) is 16.7. The van der Waals surface area contributed by atoms with E-state index in [0.717, 1.165) is 48.6 Å². The van der Waals surface area contributed by atoms with Gasteiger partial charge in [0.25, 0.3) is 0 Å². The predicted molar refractivity (Wildman–Crippen MR) is 144 cm³/mol. The third-order valence-electron chi connectivity index (χ3n) is 6.30. The molecule has 0 fully saturated rings. The van der Waals surface area contributed by atoms with Crippen LogP contribution in [0, 0.1) is 11.6 Å². The van der Waals surface area contributed by atoms with Gasteiger partial charge in [0.1, 0.15) is 17.4 Å². The highest BCUT2D eigenvalue weighted by molar-refractivity contribution is 5.91. The van der Waals surface area contributed by atoms with Crippen molar-refractivity contribution in [3.8, 4) is 0 Å². The lowest BCUT2D eigenvalue weighted by Crippen LogP contribution is -2.54. The number of hydrogen-bond acceptors (Lipinski definition) is 6. The first-order chi connectivity index (χ1) is 18.7. The average molecular weight is 548 g/mol. The molecule has 0 aliphatic heterocycles. The molecule has 0 bridgehead atoms. The lowest BCUT2D eigenvalue weighted by molar-refractivity contribution is -0.119. The first kappa shape index (κ1) is 31.8. The number of amides is 3. The Morgan fingerprint density at radius 1 is 1.00 bits per heavy atom. The Kier molecular flexibility index (Phi) is 13.5. The molecule has 0 aliphatic rings. The molecule has 2 rings (SSSR count). The van der Waals surface area contributed by atoms with Crippen LogP contribution in [0.5, 0.6) is 0 Å². The Hall–Kier alpha value is -3.37. The van der Waals surface area contributed by atoms with E-state index in [-0.39, 0.29) is 37.3 Å². The maximum atomic E-state index is 13.8. The maximum Gasteiger partial charge on any atom is 0.417 e. The molecule has 0 aliphatic carbocycles. The van der Waals surface area contributed by atoms with Crippen molar-refractivity contribution in [2.75, 3.05) is 20.2 Å². The maximum absolute atomic E-state index is 13.8. The van der Waals surface area contributed by atoms with E-state index in [1.165, 1.54) is 5.56 Å². The average Bonchev–Trinajstić information content (AvgIpc) is 2.90. The van der Waals surface area contributed by atoms with Crippen LogP contribution in [-0.4, -0.2) is 60.3 Å². The van der Waals surface area contributed by atoms with Crippen molar-refractivity contribution < 1.29 is 33.0 Å². The third-order valence-corrected chi connectivity index (χ3v) is 6.30. The molecule has 0 unspecified atom stereocenters. The molecule has 3 amide bonds. The van der Waals surface area contributed by atoms with Crippen LogP contribution in [0.15, 0.2) is 42.5 Å². The molecular weight excluding hydrogens is 508 g/mol. The number of aliphatic hydroxyl groups is 1. The van der Waals surface area contributed by atoms with E-state index in [0.29, 0.717) is 19.4 Å². The fourth-order valence-electron chi connectivity index (χ4n) is 4.09. The molecule has 0 spiro atoms. The number of halogens is 2. The zero-order valence-corrected chi connectivity index (χ0v) is 22.8. The topological polar surface area (TPSA) is 108 Å². The summed E-state index contributed by atoms with van der Waals surface area (Å²) >= 11 is 0. The van der Waals surface area contributed by atoms with Crippen LogP contribution in [0.3, 0.4) is 0 Å². The van der Waals surface area contributed by atoms with Gasteiger partial charge < -0.3 is 20.5 Å². The summed E-state index contributed by atoms with van der Waals surface area (Å²) in [5.41, 5.74) is 2.40. The standard InChI is InChI=1S/C29H39F2N3O5/c1-4-6-10-25(35)11-12-34(29(38)39-3)28(37)33-26(16-22-14-23(30)17-24(31)15-22)27(36)19-32-18-21-9-7-8-20(5-2)13-21/h7-9,13-15,17,26-27,32,36H,4-6,10-12,16,18-19H2,1-3H3,(H,33,37)/t26-,27+/m0/s1. The van der Waals surface area contributed by atoms with E-state index < -0.39 is 35.9 Å². The monoisotopic (exact) mass is 547 g/mol. The van der Waals surface area contributed by atoms with Crippen LogP contribution in [-0.2, 0) is 28.9 Å². The number of benzene rings is 2. The summed E-state index contributed by atoms with van der Waals surface area (Å²) in [6.45, 7) is 4.30. The number of carbonyl (C=O) groups excluding carboxylic acids is 3. The number of nitrogens with one attached hydrogen (secondary N) is 2. The highest BCUT2D eigenvalue weighted by Gasteiger charge is 2.28. The van der Waals surface area contributed by atoms with Crippen LogP contribution in [0.2, 0.25) is 0 Å². The number of ether oxygens (including phenoxy) is 1. The second-order valence-corrected chi connectivity index (χ2v) is 9.42. The van der Waals surface area contributed by atoms with Gasteiger partial charge in [-0.25, -0.2) is 23.3 Å². The molecule has 0 saturated carbocycles. The molecule has 8 nitrogen and oxygen atoms in total. The van der Waals surface area contributed by atoms with Gasteiger partial charge >= 0.3 is 12.1 Å². The Balaban J connectivity index is 2.15. The third kappa shape index (κ3) is 11.1. The molecule has 2 aromatic rings. The van der Waals surface area contributed by atoms with Crippen molar-refractivity contribution in [3.63, 3.8) is 0 Å². The lowest BCUT2D eigenvalue weighted by atomic mass is 10.0. The molecule has 10 heteroatoms. The van der Waals surface area contributed by atoms with Crippen LogP contribution >= 0.6 is 0 Å². The zero-order chi connectivity index (χ0) is 28.8. The van der Waals surface area contributed by atoms with Crippen molar-refractivity contribution in [1.29, 1.82) is 0 Å². The van der Waals surface area contributed by atoms with E-state index in [1.54, 1.807) is 0 Å². The van der Waals surface area contributed by atoms with Gasteiger partial charge in [-0.15, -0.1) is 0 Å². The van der Waals surface area contributed by atoms with Crippen molar-refractivity contribution >= 4 is 17.9 Å². The van der Waals surface area contributed by atoms with Crippen LogP contribution < -0.4 is 10.6 Å². The molecular formula is C29H39F2N3O5. The normalized spacial score (nSPS) is 12.5. The largest absolute Gasteiger partial charge is 0.452 e. The van der Waals surface area contributed by atoms with Crippen molar-refractivity contribution in [2.45, 2.75) is 71.1 Å². The highest BCUT2D eigenvalue weighted by atomic mass is 19.1. The summed E-state index contributed by atoms with van der Waals surface area (Å²) < 4.78 is 32.4. The number of methoxy groups -OCH3 is 1. The number of hydrogen-bond donors (Lipinski definition) is 3. The molecule has 3 N–H and O–H groups in total. The Morgan fingerprint density at radius 2 is 1.69 bits per heavy atom.